The van der Waals surface area contributed by atoms with Gasteiger partial charge in [0.25, 0.3) is 0 Å². The molecule has 0 aliphatic heterocycles. The minimum absolute atomic E-state index is 0.119. The van der Waals surface area contributed by atoms with Crippen LogP contribution in [0.4, 0.5) is 34.1 Å². The molecule has 4 nitrogen and oxygen atoms in total. The highest BCUT2D eigenvalue weighted by atomic mass is 16.3. The van der Waals surface area contributed by atoms with Gasteiger partial charge in [0.2, 0.25) is 0 Å². The van der Waals surface area contributed by atoms with E-state index in [0.717, 1.165) is 99.5 Å². The van der Waals surface area contributed by atoms with Crippen molar-refractivity contribution in [3.05, 3.63) is 240 Å². The molecule has 13 aromatic rings. The Hall–Kier alpha value is -8.86. The molecule has 2 aromatic heterocycles. The van der Waals surface area contributed by atoms with Crippen LogP contribution in [0.2, 0.25) is 0 Å². The van der Waals surface area contributed by atoms with Gasteiger partial charge in [-0.15, -0.1) is 0 Å². The molecule has 0 bridgehead atoms. The molecule has 0 fully saturated rings. The lowest BCUT2D eigenvalue weighted by Gasteiger charge is -2.28. The molecule has 0 amide bonds. The smallest absolute Gasteiger partial charge is 0.147 e. The highest BCUT2D eigenvalue weighted by Gasteiger charge is 2.37. The lowest BCUT2D eigenvalue weighted by molar-refractivity contribution is 0.660. The van der Waals surface area contributed by atoms with Crippen molar-refractivity contribution in [2.75, 3.05) is 9.80 Å². The van der Waals surface area contributed by atoms with Gasteiger partial charge in [-0.25, -0.2) is 0 Å². The van der Waals surface area contributed by atoms with Crippen molar-refractivity contribution in [1.82, 2.24) is 0 Å². The summed E-state index contributed by atoms with van der Waals surface area (Å²) in [5.41, 5.74) is 23.2. The van der Waals surface area contributed by atoms with Crippen molar-refractivity contribution in [2.45, 2.75) is 78.1 Å². The Morgan fingerprint density at radius 2 is 0.744 bits per heavy atom. The van der Waals surface area contributed by atoms with E-state index in [0.29, 0.717) is 11.8 Å². The quantitative estimate of drug-likeness (QED) is 0.152. The molecule has 2 aliphatic carbocycles. The van der Waals surface area contributed by atoms with Crippen molar-refractivity contribution < 1.29 is 8.83 Å². The third-order valence-corrected chi connectivity index (χ3v) is 17.8. The maximum absolute atomic E-state index is 7.02. The maximum atomic E-state index is 7.02. The molecule has 0 N–H and O–H groups in total. The van der Waals surface area contributed by atoms with E-state index in [1.165, 1.54) is 55.6 Å². The highest BCUT2D eigenvalue weighted by Crippen LogP contribution is 2.53. The van der Waals surface area contributed by atoms with E-state index in [2.05, 4.69) is 271 Å². The summed E-state index contributed by atoms with van der Waals surface area (Å²) in [5, 5.41) is 8.74. The minimum Gasteiger partial charge on any atom is -0.456 e. The first-order valence-corrected chi connectivity index (χ1v) is 27.8. The predicted molar refractivity (Wildman–Crippen MR) is 329 cm³/mol. The van der Waals surface area contributed by atoms with Crippen molar-refractivity contribution in [1.29, 1.82) is 0 Å². The third-order valence-electron chi connectivity index (χ3n) is 17.8. The molecule has 78 heavy (non-hydrogen) atoms. The summed E-state index contributed by atoms with van der Waals surface area (Å²) >= 11 is 0. The fraction of sp³-hybridized carbons (Fsp3) is 0.162. The number of nitrogens with zero attached hydrogens (tertiary/aromatic N) is 2. The summed E-state index contributed by atoms with van der Waals surface area (Å²) in [6.07, 6.45) is 0. The zero-order chi connectivity index (χ0) is 52.9. The van der Waals surface area contributed by atoms with E-state index >= 15 is 0 Å². The van der Waals surface area contributed by atoms with Gasteiger partial charge in [-0.2, -0.15) is 0 Å². The molecule has 4 heteroatoms. The molecule has 11 aromatic carbocycles. The standard InChI is InChI=1S/C74H60N2O2/c1-43(2)45-17-23-51(24-18-45)75(55-29-31-59-57-13-9-11-15-64(57)73(5,6)66(59)41-55)53-27-21-47-37-62-61-33-34-68-71(72(61)78-69(62)39-49(47)35-53)63-38-48-22-28-54(36-50(48)40-70(63)77-68)76(52-25-19-46(20-26-52)44(3)4)56-30-32-60-58-14-10-12-16-65(58)74(7,8)67(60)42-56/h9-44H,1-8H3. The van der Waals surface area contributed by atoms with Gasteiger partial charge in [0.1, 0.15) is 22.3 Å². The largest absolute Gasteiger partial charge is 0.456 e. The van der Waals surface area contributed by atoms with Gasteiger partial charge in [0, 0.05) is 61.1 Å². The van der Waals surface area contributed by atoms with Gasteiger partial charge in [0.15, 0.2) is 0 Å². The van der Waals surface area contributed by atoms with Crippen molar-refractivity contribution in [3.8, 4) is 22.3 Å². The maximum Gasteiger partial charge on any atom is 0.147 e. The van der Waals surface area contributed by atoms with Crippen LogP contribution in [0.1, 0.15) is 101 Å². The lowest BCUT2D eigenvalue weighted by atomic mass is 9.82. The summed E-state index contributed by atoms with van der Waals surface area (Å²) in [5.74, 6) is 0.884. The first kappa shape index (κ1) is 46.4. The van der Waals surface area contributed by atoms with E-state index < -0.39 is 0 Å². The summed E-state index contributed by atoms with van der Waals surface area (Å²) in [7, 11) is 0. The summed E-state index contributed by atoms with van der Waals surface area (Å²) in [4.78, 5) is 4.82. The molecular weight excluding hydrogens is 949 g/mol. The fourth-order valence-electron chi connectivity index (χ4n) is 13.4. The van der Waals surface area contributed by atoms with E-state index in [-0.39, 0.29) is 10.8 Å². The minimum atomic E-state index is -0.119. The molecule has 0 atom stereocenters. The van der Waals surface area contributed by atoms with Crippen LogP contribution in [0.15, 0.2) is 215 Å². The molecule has 0 radical (unpaired) electrons. The Morgan fingerprint density at radius 1 is 0.321 bits per heavy atom. The van der Waals surface area contributed by atoms with E-state index in [1.54, 1.807) is 0 Å². The Labute approximate surface area is 455 Å². The zero-order valence-electron chi connectivity index (χ0n) is 45.5. The van der Waals surface area contributed by atoms with Gasteiger partial charge in [-0.3, -0.25) is 0 Å². The zero-order valence-corrected chi connectivity index (χ0v) is 45.5. The number of anilines is 6. The summed E-state index contributed by atoms with van der Waals surface area (Å²) in [6.45, 7) is 18.4. The van der Waals surface area contributed by atoms with Crippen LogP contribution in [0.5, 0.6) is 0 Å². The number of hydrogen-bond acceptors (Lipinski definition) is 4. The van der Waals surface area contributed by atoms with Crippen LogP contribution < -0.4 is 9.80 Å². The SMILES string of the molecule is CC(C)c1ccc(N(c2ccc3c(c2)C(C)(C)c2ccccc2-3)c2ccc3cc4c(cc3c2)oc2c4ccc3oc4cc5cc(N(c6ccc(C(C)C)cc6)c6ccc7c(c6)C(C)(C)c6ccccc6-7)ccc5cc4c32)cc1. The molecule has 0 saturated carbocycles. The number of hydrogen-bond donors (Lipinski definition) is 0. The Morgan fingerprint density at radius 3 is 1.24 bits per heavy atom. The van der Waals surface area contributed by atoms with Gasteiger partial charge < -0.3 is 18.6 Å². The van der Waals surface area contributed by atoms with Crippen molar-refractivity contribution in [3.63, 3.8) is 0 Å². The highest BCUT2D eigenvalue weighted by molar-refractivity contribution is 6.24. The molecule has 2 aliphatic rings. The number of rotatable bonds is 8. The molecule has 2 heterocycles. The second-order valence-corrected chi connectivity index (χ2v) is 23.7. The van der Waals surface area contributed by atoms with Crippen LogP contribution in [-0.4, -0.2) is 0 Å². The Kier molecular flexibility index (Phi) is 10.0. The molecular formula is C74H60N2O2. The van der Waals surface area contributed by atoms with Crippen molar-refractivity contribution in [2.24, 2.45) is 0 Å². The fourth-order valence-corrected chi connectivity index (χ4v) is 13.4. The molecule has 0 spiro atoms. The molecule has 0 unspecified atom stereocenters. The first-order valence-electron chi connectivity index (χ1n) is 27.8. The van der Waals surface area contributed by atoms with Gasteiger partial charge in [-0.1, -0.05) is 152 Å². The normalized spacial score (nSPS) is 14.1. The average Bonchev–Trinajstić information content (AvgIpc) is 4.34. The number of furan rings is 2. The van der Waals surface area contributed by atoms with Crippen LogP contribution in [0, 0.1) is 0 Å². The Bertz CT molecular complexity index is 4620. The van der Waals surface area contributed by atoms with E-state index in [4.69, 9.17) is 8.83 Å². The van der Waals surface area contributed by atoms with E-state index in [9.17, 15) is 0 Å². The van der Waals surface area contributed by atoms with Gasteiger partial charge in [0.05, 0.1) is 5.39 Å². The van der Waals surface area contributed by atoms with Crippen LogP contribution in [0.25, 0.3) is 87.7 Å². The molecule has 15 rings (SSSR count). The summed E-state index contributed by atoms with van der Waals surface area (Å²) < 4.78 is 13.8. The average molecular weight is 1010 g/mol. The first-order chi connectivity index (χ1) is 37.8. The second-order valence-electron chi connectivity index (χ2n) is 23.7. The molecule has 0 saturated heterocycles. The van der Waals surface area contributed by atoms with Crippen LogP contribution in [0.3, 0.4) is 0 Å². The van der Waals surface area contributed by atoms with E-state index in [1.807, 2.05) is 0 Å². The van der Waals surface area contributed by atoms with Crippen LogP contribution in [-0.2, 0) is 10.8 Å². The van der Waals surface area contributed by atoms with Gasteiger partial charge >= 0.3 is 0 Å². The van der Waals surface area contributed by atoms with Crippen LogP contribution >= 0.6 is 0 Å². The van der Waals surface area contributed by atoms with Crippen molar-refractivity contribution >= 4 is 99.5 Å². The number of fused-ring (bicyclic) bond motifs is 15. The molecule has 378 valence electrons. The lowest BCUT2D eigenvalue weighted by Crippen LogP contribution is -2.16. The monoisotopic (exact) mass is 1010 g/mol. The van der Waals surface area contributed by atoms with Gasteiger partial charge in [-0.05, 0) is 198 Å². The predicted octanol–water partition coefficient (Wildman–Crippen LogP) is 21.6. The Balaban J connectivity index is 0.830. The topological polar surface area (TPSA) is 32.8 Å². The third kappa shape index (κ3) is 6.91. The summed E-state index contributed by atoms with van der Waals surface area (Å²) in [6, 6.07) is 77.0. The second kappa shape index (κ2) is 16.8. The number of benzene rings is 11.